The number of alkyl halides is 1. The number of aromatic nitrogens is 3. The molecule has 5 rings (SSSR count). The molecule has 0 aliphatic rings. The predicted molar refractivity (Wildman–Crippen MR) is 183 cm³/mol. The van der Waals surface area contributed by atoms with E-state index >= 15 is 4.39 Å². The van der Waals surface area contributed by atoms with Gasteiger partial charge >= 0.3 is 0 Å². The second kappa shape index (κ2) is 14.0. The van der Waals surface area contributed by atoms with E-state index in [-0.39, 0.29) is 35.7 Å². The van der Waals surface area contributed by atoms with Crippen LogP contribution in [-0.4, -0.2) is 42.2 Å². The number of pyridine rings is 1. The summed E-state index contributed by atoms with van der Waals surface area (Å²) in [6, 6.07) is 31.7. The van der Waals surface area contributed by atoms with Gasteiger partial charge in [0.1, 0.15) is 12.0 Å². The van der Waals surface area contributed by atoms with Crippen molar-refractivity contribution in [1.82, 2.24) is 19.9 Å². The zero-order chi connectivity index (χ0) is 32.0. The van der Waals surface area contributed by atoms with Crippen LogP contribution in [0.2, 0.25) is 5.04 Å². The number of rotatable bonds is 12. The van der Waals surface area contributed by atoms with Gasteiger partial charge in [-0.1, -0.05) is 126 Å². The van der Waals surface area contributed by atoms with E-state index in [1.165, 1.54) is 0 Å². The number of benzene rings is 3. The Morgan fingerprint density at radius 2 is 1.47 bits per heavy atom. The minimum atomic E-state index is -2.88. The third-order valence-electron chi connectivity index (χ3n) is 8.37. The van der Waals surface area contributed by atoms with Crippen LogP contribution in [0.1, 0.15) is 52.0 Å². The van der Waals surface area contributed by atoms with Crippen molar-refractivity contribution in [3.8, 4) is 0 Å². The molecule has 2 heterocycles. The van der Waals surface area contributed by atoms with E-state index in [1.54, 1.807) is 23.0 Å². The second-order valence-electron chi connectivity index (χ2n) is 12.9. The Labute approximate surface area is 266 Å². The van der Waals surface area contributed by atoms with Gasteiger partial charge in [0.15, 0.2) is 0 Å². The topological polar surface area (TPSA) is 69.0 Å². The van der Waals surface area contributed by atoms with E-state index in [0.717, 1.165) is 15.9 Å². The van der Waals surface area contributed by atoms with Gasteiger partial charge in [-0.15, -0.1) is 0 Å². The van der Waals surface area contributed by atoms with Crippen molar-refractivity contribution in [2.24, 2.45) is 5.92 Å². The Balaban J connectivity index is 1.43. The largest absolute Gasteiger partial charge is 0.404 e. The van der Waals surface area contributed by atoms with Gasteiger partial charge in [0.25, 0.3) is 13.9 Å². The number of fused-ring (bicyclic) bond motifs is 1. The van der Waals surface area contributed by atoms with Gasteiger partial charge in [0, 0.05) is 12.7 Å². The molecule has 0 radical (unpaired) electrons. The third-order valence-corrected chi connectivity index (χ3v) is 13.4. The molecule has 3 aromatic carbocycles. The first-order valence-electron chi connectivity index (χ1n) is 15.6. The lowest BCUT2D eigenvalue weighted by molar-refractivity contribution is 0.175. The molecule has 234 valence electrons. The maximum atomic E-state index is 16.0. The normalized spacial score (nSPS) is 13.7. The first-order chi connectivity index (χ1) is 21.6. The summed E-state index contributed by atoms with van der Waals surface area (Å²) in [6.07, 6.45) is 1.93. The Morgan fingerprint density at radius 3 is 2.02 bits per heavy atom. The molecular weight excluding hydrogens is 580 g/mol. The Kier molecular flexibility index (Phi) is 10.1. The number of hydrogen-bond acceptors (Lipinski definition) is 5. The lowest BCUT2D eigenvalue weighted by atomic mass is 10.0. The molecule has 0 unspecified atom stereocenters. The summed E-state index contributed by atoms with van der Waals surface area (Å²) >= 11 is 0. The van der Waals surface area contributed by atoms with Crippen LogP contribution in [0.5, 0.6) is 0 Å². The van der Waals surface area contributed by atoms with Crippen molar-refractivity contribution in [2.45, 2.75) is 58.4 Å². The Hall–Kier alpha value is -3.98. The molecule has 0 amide bonds. The van der Waals surface area contributed by atoms with Gasteiger partial charge in [-0.05, 0) is 33.0 Å². The number of nitrogens with zero attached hydrogens (tertiary/aromatic N) is 3. The van der Waals surface area contributed by atoms with Crippen LogP contribution >= 0.6 is 0 Å². The van der Waals surface area contributed by atoms with Gasteiger partial charge in [-0.3, -0.25) is 14.3 Å². The van der Waals surface area contributed by atoms with E-state index in [9.17, 15) is 4.79 Å². The van der Waals surface area contributed by atoms with E-state index in [1.807, 2.05) is 66.7 Å². The Morgan fingerprint density at radius 1 is 0.889 bits per heavy atom. The molecule has 0 saturated carbocycles. The molecule has 45 heavy (non-hydrogen) atoms. The smallest absolute Gasteiger partial charge is 0.261 e. The van der Waals surface area contributed by atoms with Gasteiger partial charge in [0.2, 0.25) is 0 Å². The van der Waals surface area contributed by atoms with Crippen LogP contribution in [-0.2, 0) is 11.0 Å². The monoisotopic (exact) mass is 622 g/mol. The summed E-state index contributed by atoms with van der Waals surface area (Å²) in [5.41, 5.74) is 1.38. The lowest BCUT2D eigenvalue weighted by Gasteiger charge is -2.43. The highest BCUT2D eigenvalue weighted by Gasteiger charge is 2.50. The second-order valence-corrected chi connectivity index (χ2v) is 17.2. The zero-order valence-corrected chi connectivity index (χ0v) is 27.8. The molecule has 8 heteroatoms. The summed E-state index contributed by atoms with van der Waals surface area (Å²) in [5.74, 6) is 0.595. The van der Waals surface area contributed by atoms with Gasteiger partial charge in [-0.25, -0.2) is 9.37 Å². The van der Waals surface area contributed by atoms with E-state index in [0.29, 0.717) is 23.3 Å². The SMILES string of the molecule is CC(C)[C@@H](NC[C@@H](F)CO[Si](c1ccccc1)(c1ccccc1)C(C)(C)C)c1nc2cnccc2c(=O)n1Cc1ccccc1. The average molecular weight is 623 g/mol. The van der Waals surface area contributed by atoms with Crippen LogP contribution < -0.4 is 21.2 Å². The summed E-state index contributed by atoms with van der Waals surface area (Å²) in [5, 5.41) is 5.91. The summed E-state index contributed by atoms with van der Waals surface area (Å²) in [6.45, 7) is 11.0. The fraction of sp³-hybridized carbons (Fsp3) is 0.324. The number of hydrogen-bond donors (Lipinski definition) is 1. The molecule has 0 aliphatic heterocycles. The molecule has 0 saturated heterocycles. The predicted octanol–water partition coefficient (Wildman–Crippen LogP) is 6.04. The molecule has 0 bridgehead atoms. The quantitative estimate of drug-likeness (QED) is 0.172. The molecule has 6 nitrogen and oxygen atoms in total. The van der Waals surface area contributed by atoms with Crippen LogP contribution in [0.4, 0.5) is 4.39 Å². The molecule has 0 aliphatic carbocycles. The fourth-order valence-corrected chi connectivity index (χ4v) is 10.7. The molecule has 2 aromatic heterocycles. The van der Waals surface area contributed by atoms with Crippen molar-refractivity contribution in [1.29, 1.82) is 0 Å². The maximum Gasteiger partial charge on any atom is 0.261 e. The first-order valence-corrected chi connectivity index (χ1v) is 17.5. The first kappa shape index (κ1) is 32.4. The minimum absolute atomic E-state index is 0.0258. The summed E-state index contributed by atoms with van der Waals surface area (Å²) < 4.78 is 24.6. The lowest BCUT2D eigenvalue weighted by Crippen LogP contribution is -2.67. The third kappa shape index (κ3) is 6.98. The number of halogens is 1. The zero-order valence-electron chi connectivity index (χ0n) is 26.8. The molecule has 2 atom stereocenters. The molecule has 1 N–H and O–H groups in total. The summed E-state index contributed by atoms with van der Waals surface area (Å²) in [4.78, 5) is 22.9. The molecule has 0 fully saturated rings. The standard InChI is InChI=1S/C37H43FN4O2Si/c1-27(2)34(35-41-33-24-39-22-21-32(33)36(43)42(35)25-28-15-9-6-10-16-28)40-23-29(38)26-44-45(37(3,4)5,30-17-11-7-12-18-30)31-19-13-8-14-20-31/h6-22,24,27,29,34,40H,23,25-26H2,1-5H3/t29-,34-/m1/s1. The van der Waals surface area contributed by atoms with Crippen LogP contribution in [0.15, 0.2) is 114 Å². The highest BCUT2D eigenvalue weighted by Crippen LogP contribution is 2.37. The van der Waals surface area contributed by atoms with Crippen molar-refractivity contribution < 1.29 is 8.82 Å². The van der Waals surface area contributed by atoms with Crippen molar-refractivity contribution >= 4 is 29.6 Å². The van der Waals surface area contributed by atoms with E-state index in [2.05, 4.69) is 69.2 Å². The van der Waals surface area contributed by atoms with Gasteiger partial charge in [0.05, 0.1) is 36.3 Å². The van der Waals surface area contributed by atoms with Crippen LogP contribution in [0.25, 0.3) is 10.9 Å². The van der Waals surface area contributed by atoms with Crippen molar-refractivity contribution in [3.63, 3.8) is 0 Å². The maximum absolute atomic E-state index is 16.0. The highest BCUT2D eigenvalue weighted by molar-refractivity contribution is 6.99. The molecular formula is C37H43FN4O2Si. The van der Waals surface area contributed by atoms with Crippen molar-refractivity contribution in [2.75, 3.05) is 13.2 Å². The highest BCUT2D eigenvalue weighted by atomic mass is 28.4. The fourth-order valence-electron chi connectivity index (χ4n) is 6.16. The summed E-state index contributed by atoms with van der Waals surface area (Å²) in [7, 11) is -2.88. The van der Waals surface area contributed by atoms with Crippen LogP contribution in [0, 0.1) is 5.92 Å². The van der Waals surface area contributed by atoms with Crippen molar-refractivity contribution in [3.05, 3.63) is 131 Å². The van der Waals surface area contributed by atoms with E-state index < -0.39 is 14.5 Å². The van der Waals surface area contributed by atoms with Gasteiger partial charge in [-0.2, -0.15) is 0 Å². The van der Waals surface area contributed by atoms with Crippen LogP contribution in [0.3, 0.4) is 0 Å². The van der Waals surface area contributed by atoms with E-state index in [4.69, 9.17) is 9.41 Å². The Bertz CT molecular complexity index is 1700. The molecule has 5 aromatic rings. The average Bonchev–Trinajstić information content (AvgIpc) is 3.04. The molecule has 0 spiro atoms. The number of nitrogens with one attached hydrogen (secondary N) is 1. The van der Waals surface area contributed by atoms with Gasteiger partial charge < -0.3 is 9.74 Å². The minimum Gasteiger partial charge on any atom is -0.404 e.